The van der Waals surface area contributed by atoms with E-state index in [1.165, 1.54) is 25.3 Å². The Balaban J connectivity index is 3.04. The Morgan fingerprint density at radius 1 is 1.50 bits per heavy atom. The summed E-state index contributed by atoms with van der Waals surface area (Å²) in [6, 6.07) is 5.23. The lowest BCUT2D eigenvalue weighted by molar-refractivity contribution is -0.182. The van der Waals surface area contributed by atoms with Gasteiger partial charge in [-0.05, 0) is 17.7 Å². The van der Waals surface area contributed by atoms with Crippen LogP contribution in [-0.4, -0.2) is 29.2 Å². The highest BCUT2D eigenvalue weighted by Crippen LogP contribution is 2.32. The van der Waals surface area contributed by atoms with E-state index in [0.717, 1.165) is 6.07 Å². The van der Waals surface area contributed by atoms with Gasteiger partial charge in [-0.2, -0.15) is 8.78 Å². The van der Waals surface area contributed by atoms with Gasteiger partial charge in [0.05, 0.1) is 7.11 Å². The highest BCUT2D eigenvalue weighted by Gasteiger charge is 2.47. The molecule has 0 bridgehead atoms. The van der Waals surface area contributed by atoms with Gasteiger partial charge in [0.15, 0.2) is 6.10 Å². The summed E-state index contributed by atoms with van der Waals surface area (Å²) in [5.74, 6) is -6.34. The normalized spacial score (nSPS) is 13.2. The molecule has 1 atom stereocenters. The standard InChI is InChI=1S/C10H10F2O4/c1-16-7-4-2-3-6(5-7)8(13)10(11,12)9(14)15/h2-5,8,13H,1H3,(H,14,15). The van der Waals surface area contributed by atoms with Crippen molar-refractivity contribution in [1.82, 2.24) is 0 Å². The molecular formula is C10H10F2O4. The average Bonchev–Trinajstić information content (AvgIpc) is 2.27. The van der Waals surface area contributed by atoms with Crippen molar-refractivity contribution in [2.45, 2.75) is 12.0 Å². The molecule has 0 radical (unpaired) electrons. The maximum absolute atomic E-state index is 13.0. The third kappa shape index (κ3) is 2.27. The van der Waals surface area contributed by atoms with Crippen LogP contribution >= 0.6 is 0 Å². The first kappa shape index (κ1) is 12.4. The van der Waals surface area contributed by atoms with Crippen molar-refractivity contribution in [1.29, 1.82) is 0 Å². The molecule has 6 heteroatoms. The van der Waals surface area contributed by atoms with Crippen LogP contribution in [0.5, 0.6) is 5.75 Å². The third-order valence-corrected chi connectivity index (χ3v) is 2.04. The first-order chi connectivity index (χ1) is 7.39. The fraction of sp³-hybridized carbons (Fsp3) is 0.300. The molecule has 0 aliphatic carbocycles. The molecule has 4 nitrogen and oxygen atoms in total. The number of methoxy groups -OCH3 is 1. The van der Waals surface area contributed by atoms with Gasteiger partial charge in [0.25, 0.3) is 0 Å². The number of hydrogen-bond donors (Lipinski definition) is 2. The van der Waals surface area contributed by atoms with Crippen LogP contribution < -0.4 is 4.74 Å². The second-order valence-corrected chi connectivity index (χ2v) is 3.11. The van der Waals surface area contributed by atoms with Crippen molar-refractivity contribution in [2.75, 3.05) is 7.11 Å². The summed E-state index contributed by atoms with van der Waals surface area (Å²) in [7, 11) is 1.33. The number of aliphatic carboxylic acids is 1. The minimum atomic E-state index is -4.23. The number of carboxylic acids is 1. The predicted molar refractivity (Wildman–Crippen MR) is 50.5 cm³/mol. The monoisotopic (exact) mass is 232 g/mol. The minimum absolute atomic E-state index is 0.216. The van der Waals surface area contributed by atoms with Gasteiger partial charge in [0.1, 0.15) is 5.75 Å². The number of aliphatic hydroxyl groups excluding tert-OH is 1. The highest BCUT2D eigenvalue weighted by molar-refractivity contribution is 5.76. The highest BCUT2D eigenvalue weighted by atomic mass is 19.3. The largest absolute Gasteiger partial charge is 0.497 e. The molecule has 1 rings (SSSR count). The summed E-state index contributed by atoms with van der Waals surface area (Å²) in [5, 5.41) is 17.5. The summed E-state index contributed by atoms with van der Waals surface area (Å²) in [6.07, 6.45) is -2.40. The van der Waals surface area contributed by atoms with E-state index in [2.05, 4.69) is 0 Å². The number of aliphatic hydroxyl groups is 1. The molecule has 0 saturated heterocycles. The van der Waals surface area contributed by atoms with Crippen LogP contribution in [0, 0.1) is 0 Å². The molecule has 1 unspecified atom stereocenters. The van der Waals surface area contributed by atoms with Gasteiger partial charge in [0, 0.05) is 0 Å². The van der Waals surface area contributed by atoms with Crippen LogP contribution in [0.15, 0.2) is 24.3 Å². The number of ether oxygens (including phenoxy) is 1. The lowest BCUT2D eigenvalue weighted by Gasteiger charge is -2.18. The smallest absolute Gasteiger partial charge is 0.377 e. The van der Waals surface area contributed by atoms with Crippen molar-refractivity contribution in [3.63, 3.8) is 0 Å². The molecule has 0 heterocycles. The van der Waals surface area contributed by atoms with Crippen molar-refractivity contribution < 1.29 is 28.5 Å². The van der Waals surface area contributed by atoms with Crippen molar-refractivity contribution in [2.24, 2.45) is 0 Å². The number of hydrogen-bond acceptors (Lipinski definition) is 3. The molecule has 16 heavy (non-hydrogen) atoms. The zero-order valence-corrected chi connectivity index (χ0v) is 8.35. The van der Waals surface area contributed by atoms with Crippen LogP contribution in [0.25, 0.3) is 0 Å². The van der Waals surface area contributed by atoms with Gasteiger partial charge < -0.3 is 14.9 Å². The quantitative estimate of drug-likeness (QED) is 0.824. The Hall–Kier alpha value is -1.69. The maximum Gasteiger partial charge on any atom is 0.377 e. The zero-order valence-electron chi connectivity index (χ0n) is 8.35. The fourth-order valence-electron chi connectivity index (χ4n) is 1.14. The van der Waals surface area contributed by atoms with Crippen LogP contribution in [0.3, 0.4) is 0 Å². The van der Waals surface area contributed by atoms with Crippen LogP contribution in [-0.2, 0) is 4.79 Å². The summed E-state index contributed by atoms with van der Waals surface area (Å²) < 4.78 is 30.7. The molecule has 0 spiro atoms. The molecule has 1 aromatic carbocycles. The lowest BCUT2D eigenvalue weighted by Crippen LogP contribution is -2.35. The van der Waals surface area contributed by atoms with Crippen molar-refractivity contribution in [3.8, 4) is 5.75 Å². The SMILES string of the molecule is COc1cccc(C(O)C(F)(F)C(=O)O)c1. The van der Waals surface area contributed by atoms with Crippen LogP contribution in [0.2, 0.25) is 0 Å². The van der Waals surface area contributed by atoms with Gasteiger partial charge in [-0.25, -0.2) is 4.79 Å². The van der Waals surface area contributed by atoms with Gasteiger partial charge in [-0.15, -0.1) is 0 Å². The van der Waals surface area contributed by atoms with Gasteiger partial charge in [0.2, 0.25) is 0 Å². The summed E-state index contributed by atoms with van der Waals surface area (Å²) in [5.41, 5.74) is -0.216. The zero-order chi connectivity index (χ0) is 12.3. The molecule has 0 aliphatic rings. The first-order valence-corrected chi connectivity index (χ1v) is 4.32. The molecular weight excluding hydrogens is 222 g/mol. The topological polar surface area (TPSA) is 66.8 Å². The van der Waals surface area contributed by atoms with E-state index in [4.69, 9.17) is 9.84 Å². The van der Waals surface area contributed by atoms with E-state index in [1.54, 1.807) is 0 Å². The van der Waals surface area contributed by atoms with E-state index in [9.17, 15) is 18.7 Å². The second-order valence-electron chi connectivity index (χ2n) is 3.11. The third-order valence-electron chi connectivity index (χ3n) is 2.04. The molecule has 2 N–H and O–H groups in total. The number of carboxylic acid groups (broad SMARTS) is 1. The molecule has 0 aliphatic heterocycles. The number of benzene rings is 1. The fourth-order valence-corrected chi connectivity index (χ4v) is 1.14. The van der Waals surface area contributed by atoms with Crippen molar-refractivity contribution in [3.05, 3.63) is 29.8 Å². The second kappa shape index (κ2) is 4.44. The van der Waals surface area contributed by atoms with Crippen LogP contribution in [0.1, 0.15) is 11.7 Å². The first-order valence-electron chi connectivity index (χ1n) is 4.32. The Morgan fingerprint density at radius 2 is 2.12 bits per heavy atom. The minimum Gasteiger partial charge on any atom is -0.497 e. The number of alkyl halides is 2. The molecule has 0 aromatic heterocycles. The Labute approximate surface area is 90.1 Å². The average molecular weight is 232 g/mol. The van der Waals surface area contributed by atoms with E-state index in [1.807, 2.05) is 0 Å². The van der Waals surface area contributed by atoms with E-state index < -0.39 is 18.0 Å². The molecule has 0 fully saturated rings. The predicted octanol–water partition coefficient (Wildman–Crippen LogP) is 1.45. The Bertz CT molecular complexity index is 392. The molecule has 0 saturated carbocycles. The molecule has 0 amide bonds. The molecule has 1 aromatic rings. The number of rotatable bonds is 4. The van der Waals surface area contributed by atoms with Crippen molar-refractivity contribution >= 4 is 5.97 Å². The van der Waals surface area contributed by atoms with E-state index in [0.29, 0.717) is 0 Å². The van der Waals surface area contributed by atoms with Gasteiger partial charge >= 0.3 is 11.9 Å². The van der Waals surface area contributed by atoms with E-state index >= 15 is 0 Å². The number of halogens is 2. The molecule has 88 valence electrons. The van der Waals surface area contributed by atoms with Gasteiger partial charge in [-0.1, -0.05) is 12.1 Å². The van der Waals surface area contributed by atoms with Gasteiger partial charge in [-0.3, -0.25) is 0 Å². The summed E-state index contributed by atoms with van der Waals surface area (Å²) >= 11 is 0. The summed E-state index contributed by atoms with van der Waals surface area (Å²) in [4.78, 5) is 10.2. The maximum atomic E-state index is 13.0. The lowest BCUT2D eigenvalue weighted by atomic mass is 10.0. The Kier molecular flexibility index (Phi) is 3.44. The van der Waals surface area contributed by atoms with Crippen LogP contribution in [0.4, 0.5) is 8.78 Å². The number of carbonyl (C=O) groups is 1. The van der Waals surface area contributed by atoms with E-state index in [-0.39, 0.29) is 11.3 Å². The summed E-state index contributed by atoms with van der Waals surface area (Å²) in [6.45, 7) is 0. The Morgan fingerprint density at radius 3 is 2.62 bits per heavy atom.